The molecule has 2 aromatic rings. The van der Waals surface area contributed by atoms with E-state index in [9.17, 15) is 27.9 Å². The van der Waals surface area contributed by atoms with Crippen molar-refractivity contribution < 1.29 is 27.9 Å². The van der Waals surface area contributed by atoms with Crippen LogP contribution >= 0.6 is 0 Å². The highest BCUT2D eigenvalue weighted by Gasteiger charge is 2.54. The average molecular weight is 505 g/mol. The van der Waals surface area contributed by atoms with Gasteiger partial charge in [0.1, 0.15) is 0 Å². The summed E-state index contributed by atoms with van der Waals surface area (Å²) in [5.74, 6) is -0.397. The molecule has 0 radical (unpaired) electrons. The summed E-state index contributed by atoms with van der Waals surface area (Å²) in [5, 5.41) is 16.0. The number of rotatable bonds is 7. The summed E-state index contributed by atoms with van der Waals surface area (Å²) in [7, 11) is 0. The Kier molecular flexibility index (Phi) is 7.44. The van der Waals surface area contributed by atoms with Crippen LogP contribution in [0.25, 0.3) is 0 Å². The lowest BCUT2D eigenvalue weighted by molar-refractivity contribution is -0.266. The van der Waals surface area contributed by atoms with E-state index in [1.165, 1.54) is 0 Å². The third-order valence-electron chi connectivity index (χ3n) is 7.03. The highest BCUT2D eigenvalue weighted by molar-refractivity contribution is 5.89. The second kappa shape index (κ2) is 10.4. The molecule has 4 rings (SSSR count). The first-order chi connectivity index (χ1) is 17.1. The Morgan fingerprint density at radius 3 is 2.17 bits per heavy atom. The number of halogens is 3. The monoisotopic (exact) mass is 504 g/mol. The predicted octanol–water partition coefficient (Wildman–Crippen LogP) is 3.81. The fourth-order valence-corrected chi connectivity index (χ4v) is 4.63. The summed E-state index contributed by atoms with van der Waals surface area (Å²) < 4.78 is 39.0. The van der Waals surface area contributed by atoms with Crippen molar-refractivity contribution in [2.45, 2.75) is 44.5 Å². The Balaban J connectivity index is 1.25. The normalized spacial score (nSPS) is 19.9. The minimum atomic E-state index is -4.61. The van der Waals surface area contributed by atoms with Crippen molar-refractivity contribution >= 4 is 28.9 Å². The first kappa shape index (κ1) is 25.8. The zero-order chi connectivity index (χ0) is 25.9. The van der Waals surface area contributed by atoms with Crippen molar-refractivity contribution in [3.63, 3.8) is 0 Å². The van der Waals surface area contributed by atoms with Crippen LogP contribution in [0.15, 0.2) is 48.5 Å². The van der Waals surface area contributed by atoms with Crippen LogP contribution in [0.3, 0.4) is 0 Å². The molecule has 0 saturated carbocycles. The Bertz CT molecular complexity index is 1070. The van der Waals surface area contributed by atoms with Crippen molar-refractivity contribution in [3.05, 3.63) is 54.1 Å². The van der Waals surface area contributed by atoms with Gasteiger partial charge in [-0.25, -0.2) is 0 Å². The molecule has 0 aliphatic carbocycles. The van der Waals surface area contributed by atoms with E-state index in [0.29, 0.717) is 19.6 Å². The fraction of sp³-hybridized carbons (Fsp3) is 0.462. The van der Waals surface area contributed by atoms with Gasteiger partial charge in [-0.2, -0.15) is 13.2 Å². The number of nitrogens with zero attached hydrogens (tertiary/aromatic N) is 2. The Morgan fingerprint density at radius 2 is 1.64 bits per heavy atom. The van der Waals surface area contributed by atoms with Gasteiger partial charge < -0.3 is 25.5 Å². The number of nitrogens with one attached hydrogen (secondary N) is 2. The predicted molar refractivity (Wildman–Crippen MR) is 131 cm³/mol. The molecular weight excluding hydrogens is 473 g/mol. The topological polar surface area (TPSA) is 84.9 Å². The number of benzene rings is 2. The lowest BCUT2D eigenvalue weighted by Crippen LogP contribution is -2.53. The Morgan fingerprint density at radius 1 is 1.06 bits per heavy atom. The molecule has 36 heavy (non-hydrogen) atoms. The molecule has 0 bridgehead atoms. The summed E-state index contributed by atoms with van der Waals surface area (Å²) in [6.45, 7) is 3.63. The fourth-order valence-electron chi connectivity index (χ4n) is 4.63. The zero-order valence-corrected chi connectivity index (χ0v) is 20.1. The number of aliphatic hydroxyl groups is 1. The van der Waals surface area contributed by atoms with Gasteiger partial charge in [0.25, 0.3) is 0 Å². The number of carbonyl (C=O) groups is 2. The summed E-state index contributed by atoms with van der Waals surface area (Å²) in [6.07, 6.45) is -5.05. The number of alkyl halides is 3. The van der Waals surface area contributed by atoms with Gasteiger partial charge in [0, 0.05) is 69.0 Å². The number of piperidine rings is 1. The number of likely N-dealkylation sites (tertiary alicyclic amines) is 1. The van der Waals surface area contributed by atoms with Crippen LogP contribution in [0.1, 0.15) is 31.7 Å². The van der Waals surface area contributed by atoms with E-state index in [2.05, 4.69) is 10.6 Å². The molecular formula is C26H31F3N4O3. The van der Waals surface area contributed by atoms with Crippen molar-refractivity contribution in [2.24, 2.45) is 5.92 Å². The van der Waals surface area contributed by atoms with E-state index in [4.69, 9.17) is 0 Å². The Hall–Kier alpha value is -3.27. The highest BCUT2D eigenvalue weighted by Crippen LogP contribution is 2.39. The molecule has 2 aliphatic rings. The third-order valence-corrected chi connectivity index (χ3v) is 7.03. The SMILES string of the molecule is CCN1CC(C(=O)NCc2ccc(Nc3ccc(N4CCC(O)(C(F)(F)F)CC4)cc3)cc2)CC1=O. The zero-order valence-electron chi connectivity index (χ0n) is 20.1. The van der Waals surface area contributed by atoms with Gasteiger partial charge in [0.2, 0.25) is 11.8 Å². The second-order valence-corrected chi connectivity index (χ2v) is 9.44. The lowest BCUT2D eigenvalue weighted by Gasteiger charge is -2.40. The third kappa shape index (κ3) is 5.75. The van der Waals surface area contributed by atoms with Gasteiger partial charge in [-0.1, -0.05) is 12.1 Å². The standard InChI is InChI=1S/C26H31F3N4O3/c1-2-32-17-19(15-23(32)34)24(35)30-16-18-3-5-20(6-4-18)31-21-7-9-22(10-8-21)33-13-11-25(36,12-14-33)26(27,28)29/h3-10,19,31,36H,2,11-17H2,1H3,(H,30,35). The molecule has 1 atom stereocenters. The number of amides is 2. The quantitative estimate of drug-likeness (QED) is 0.534. The van der Waals surface area contributed by atoms with E-state index >= 15 is 0 Å². The van der Waals surface area contributed by atoms with Crippen molar-refractivity contribution in [3.8, 4) is 0 Å². The van der Waals surface area contributed by atoms with Gasteiger partial charge in [-0.15, -0.1) is 0 Å². The maximum absolute atomic E-state index is 13.0. The van der Waals surface area contributed by atoms with E-state index in [-0.39, 0.29) is 50.1 Å². The first-order valence-electron chi connectivity index (χ1n) is 12.1. The summed E-state index contributed by atoms with van der Waals surface area (Å²) in [4.78, 5) is 27.7. The molecule has 2 amide bonds. The molecule has 194 valence electrons. The molecule has 0 aromatic heterocycles. The lowest BCUT2D eigenvalue weighted by atomic mass is 9.90. The van der Waals surface area contributed by atoms with Crippen molar-refractivity contribution in [1.82, 2.24) is 10.2 Å². The van der Waals surface area contributed by atoms with Crippen molar-refractivity contribution in [2.75, 3.05) is 36.4 Å². The average Bonchev–Trinajstić information content (AvgIpc) is 3.24. The molecule has 2 fully saturated rings. The van der Waals surface area contributed by atoms with Crippen LogP contribution in [0.4, 0.5) is 30.2 Å². The van der Waals surface area contributed by atoms with E-state index in [0.717, 1.165) is 22.6 Å². The van der Waals surface area contributed by atoms with E-state index in [1.54, 1.807) is 4.90 Å². The Labute approximate surface area is 208 Å². The van der Waals surface area contributed by atoms with Gasteiger partial charge in [0.15, 0.2) is 5.60 Å². The van der Waals surface area contributed by atoms with Gasteiger partial charge in [-0.05, 0) is 48.9 Å². The van der Waals surface area contributed by atoms with Crippen molar-refractivity contribution in [1.29, 1.82) is 0 Å². The van der Waals surface area contributed by atoms with E-state index in [1.807, 2.05) is 60.4 Å². The largest absolute Gasteiger partial charge is 0.417 e. The minimum Gasteiger partial charge on any atom is -0.380 e. The van der Waals surface area contributed by atoms with Crippen LogP contribution in [0.2, 0.25) is 0 Å². The van der Waals surface area contributed by atoms with Gasteiger partial charge in [-0.3, -0.25) is 9.59 Å². The van der Waals surface area contributed by atoms with Crippen LogP contribution in [-0.4, -0.2) is 59.8 Å². The van der Waals surface area contributed by atoms with Crippen LogP contribution < -0.4 is 15.5 Å². The van der Waals surface area contributed by atoms with Crippen LogP contribution in [0, 0.1) is 5.92 Å². The van der Waals surface area contributed by atoms with Gasteiger partial charge >= 0.3 is 6.18 Å². The summed E-state index contributed by atoms with van der Waals surface area (Å²) >= 11 is 0. The number of carbonyl (C=O) groups excluding carboxylic acids is 2. The summed E-state index contributed by atoms with van der Waals surface area (Å²) in [6, 6.07) is 15.0. The van der Waals surface area contributed by atoms with E-state index < -0.39 is 11.8 Å². The molecule has 2 aliphatic heterocycles. The smallest absolute Gasteiger partial charge is 0.380 e. The molecule has 7 nitrogen and oxygen atoms in total. The molecule has 3 N–H and O–H groups in total. The first-order valence-corrected chi connectivity index (χ1v) is 12.1. The molecule has 10 heteroatoms. The molecule has 2 heterocycles. The molecule has 0 spiro atoms. The minimum absolute atomic E-state index is 0.0191. The highest BCUT2D eigenvalue weighted by atomic mass is 19.4. The van der Waals surface area contributed by atoms with Crippen LogP contribution in [0.5, 0.6) is 0 Å². The molecule has 2 saturated heterocycles. The van der Waals surface area contributed by atoms with Gasteiger partial charge in [0.05, 0.1) is 5.92 Å². The van der Waals surface area contributed by atoms with Crippen LogP contribution in [-0.2, 0) is 16.1 Å². The number of hydrogen-bond acceptors (Lipinski definition) is 5. The number of anilines is 3. The molecule has 1 unspecified atom stereocenters. The molecule has 2 aromatic carbocycles. The number of hydrogen-bond donors (Lipinski definition) is 3. The second-order valence-electron chi connectivity index (χ2n) is 9.44. The maximum atomic E-state index is 13.0. The summed E-state index contributed by atoms with van der Waals surface area (Å²) in [5.41, 5.74) is 0.818. The maximum Gasteiger partial charge on any atom is 0.417 e.